The molecule has 0 aliphatic carbocycles. The molecule has 1 heterocycles. The Balaban J connectivity index is 1.96. The Labute approximate surface area is 183 Å². The predicted molar refractivity (Wildman–Crippen MR) is 123 cm³/mol. The predicted octanol–water partition coefficient (Wildman–Crippen LogP) is 6.04. The zero-order chi connectivity index (χ0) is 20.3. The maximum Gasteiger partial charge on any atom is 0.270 e. The Morgan fingerprint density at radius 3 is 2.57 bits per heavy atom. The Bertz CT molecular complexity index is 929. The van der Waals surface area contributed by atoms with Gasteiger partial charge in [-0.25, -0.2) is 0 Å². The van der Waals surface area contributed by atoms with Gasteiger partial charge in [-0.2, -0.15) is 0 Å². The van der Waals surface area contributed by atoms with Gasteiger partial charge in [0, 0.05) is 4.47 Å². The minimum Gasteiger partial charge on any atom is -0.490 e. The Kier molecular flexibility index (Phi) is 6.80. The van der Waals surface area contributed by atoms with Gasteiger partial charge in [0.25, 0.3) is 5.91 Å². The van der Waals surface area contributed by atoms with Crippen molar-refractivity contribution in [3.05, 3.63) is 57.4 Å². The molecule has 7 heteroatoms. The lowest BCUT2D eigenvalue weighted by molar-refractivity contribution is -0.113. The topological polar surface area (TPSA) is 38.8 Å². The Morgan fingerprint density at radius 1 is 1.21 bits per heavy atom. The van der Waals surface area contributed by atoms with Gasteiger partial charge in [0.05, 0.1) is 23.3 Å². The van der Waals surface area contributed by atoms with Crippen molar-refractivity contribution in [2.45, 2.75) is 26.9 Å². The van der Waals surface area contributed by atoms with Crippen LogP contribution in [0.1, 0.15) is 26.3 Å². The van der Waals surface area contributed by atoms with E-state index in [0.717, 1.165) is 15.7 Å². The highest BCUT2D eigenvalue weighted by molar-refractivity contribution is 9.10. The molecule has 0 aromatic heterocycles. The first-order valence-corrected chi connectivity index (χ1v) is 10.9. The van der Waals surface area contributed by atoms with Gasteiger partial charge in [0.1, 0.15) is 0 Å². The van der Waals surface area contributed by atoms with E-state index in [4.69, 9.17) is 21.7 Å². The molecule has 28 heavy (non-hydrogen) atoms. The van der Waals surface area contributed by atoms with Crippen LogP contribution in [-0.2, 0) is 4.79 Å². The number of benzene rings is 2. The van der Waals surface area contributed by atoms with Crippen LogP contribution in [0.2, 0.25) is 0 Å². The number of hydrogen-bond donors (Lipinski definition) is 0. The fraction of sp³-hybridized carbons (Fsp3) is 0.238. The molecule has 4 nitrogen and oxygen atoms in total. The van der Waals surface area contributed by atoms with Crippen LogP contribution in [0.15, 0.2) is 51.8 Å². The van der Waals surface area contributed by atoms with Gasteiger partial charge in [-0.1, -0.05) is 58.1 Å². The molecule has 1 aliphatic heterocycles. The molecule has 3 rings (SSSR count). The average Bonchev–Trinajstić information content (AvgIpc) is 2.92. The van der Waals surface area contributed by atoms with E-state index in [1.54, 1.807) is 4.90 Å². The largest absolute Gasteiger partial charge is 0.490 e. The highest BCUT2D eigenvalue weighted by Crippen LogP contribution is 2.39. The molecule has 0 bridgehead atoms. The number of carbonyl (C=O) groups excluding carboxylic acids is 1. The van der Waals surface area contributed by atoms with Crippen LogP contribution in [0.3, 0.4) is 0 Å². The number of ether oxygens (including phenoxy) is 2. The van der Waals surface area contributed by atoms with Gasteiger partial charge in [0.15, 0.2) is 15.8 Å². The second kappa shape index (κ2) is 9.11. The van der Waals surface area contributed by atoms with E-state index in [0.29, 0.717) is 27.3 Å². The summed E-state index contributed by atoms with van der Waals surface area (Å²) in [6.07, 6.45) is 1.85. The number of nitrogens with zero attached hydrogens (tertiary/aromatic N) is 1. The van der Waals surface area contributed by atoms with Crippen molar-refractivity contribution < 1.29 is 14.3 Å². The third-order valence-electron chi connectivity index (χ3n) is 3.82. The number of rotatable bonds is 6. The summed E-state index contributed by atoms with van der Waals surface area (Å²) in [6.45, 7) is 6.37. The maximum absolute atomic E-state index is 12.9. The molecule has 1 saturated heterocycles. The molecule has 1 fully saturated rings. The minimum absolute atomic E-state index is 0.0269. The van der Waals surface area contributed by atoms with Gasteiger partial charge in [-0.05, 0) is 56.7 Å². The first-order chi connectivity index (χ1) is 13.4. The summed E-state index contributed by atoms with van der Waals surface area (Å²) >= 11 is 10.3. The minimum atomic E-state index is -0.131. The molecule has 0 unspecified atom stereocenters. The summed E-state index contributed by atoms with van der Waals surface area (Å²) in [5.41, 5.74) is 1.59. The Hall–Kier alpha value is -1.83. The van der Waals surface area contributed by atoms with Crippen molar-refractivity contribution in [2.75, 3.05) is 11.5 Å². The van der Waals surface area contributed by atoms with Gasteiger partial charge < -0.3 is 9.47 Å². The summed E-state index contributed by atoms with van der Waals surface area (Å²) in [7, 11) is 0. The van der Waals surface area contributed by atoms with Crippen LogP contribution >= 0.6 is 39.9 Å². The highest BCUT2D eigenvalue weighted by Gasteiger charge is 2.33. The average molecular weight is 478 g/mol. The van der Waals surface area contributed by atoms with Crippen LogP contribution in [-0.4, -0.2) is 22.9 Å². The standard InChI is InChI=1S/C21H20BrNO3S2/c1-4-25-17-10-14(16(22)12-18(17)26-13(2)3)11-19-20(24)23(21(27)28-19)15-8-6-5-7-9-15/h5-13H,4H2,1-3H3/b19-11+. The van der Waals surface area contributed by atoms with E-state index in [1.807, 2.05) is 69.3 Å². The molecule has 1 amide bonds. The van der Waals surface area contributed by atoms with Crippen LogP contribution in [0.5, 0.6) is 11.5 Å². The van der Waals surface area contributed by atoms with Crippen LogP contribution in [0.25, 0.3) is 6.08 Å². The first kappa shape index (κ1) is 20.9. The van der Waals surface area contributed by atoms with E-state index in [-0.39, 0.29) is 12.0 Å². The van der Waals surface area contributed by atoms with Crippen molar-refractivity contribution in [3.8, 4) is 11.5 Å². The van der Waals surface area contributed by atoms with Crippen molar-refractivity contribution in [3.63, 3.8) is 0 Å². The van der Waals surface area contributed by atoms with E-state index in [2.05, 4.69) is 15.9 Å². The molecule has 0 saturated carbocycles. The van der Waals surface area contributed by atoms with Crippen LogP contribution < -0.4 is 14.4 Å². The molecule has 2 aromatic rings. The summed E-state index contributed by atoms with van der Waals surface area (Å²) in [6, 6.07) is 13.2. The molecule has 0 N–H and O–H groups in total. The molecule has 2 aromatic carbocycles. The van der Waals surface area contributed by atoms with Gasteiger partial charge in [-0.15, -0.1) is 0 Å². The lowest BCUT2D eigenvalue weighted by Crippen LogP contribution is -2.27. The van der Waals surface area contributed by atoms with Crippen molar-refractivity contribution in [1.29, 1.82) is 0 Å². The van der Waals surface area contributed by atoms with Crippen molar-refractivity contribution >= 4 is 61.9 Å². The quantitative estimate of drug-likeness (QED) is 0.374. The molecule has 0 spiro atoms. The zero-order valence-electron chi connectivity index (χ0n) is 15.8. The summed E-state index contributed by atoms with van der Waals surface area (Å²) in [5.74, 6) is 1.18. The number of thiocarbonyl (C=S) groups is 1. The third kappa shape index (κ3) is 4.59. The van der Waals surface area contributed by atoms with Gasteiger partial charge in [0.2, 0.25) is 0 Å². The monoisotopic (exact) mass is 477 g/mol. The maximum atomic E-state index is 12.9. The molecular weight excluding hydrogens is 458 g/mol. The molecular formula is C21H20BrNO3S2. The van der Waals surface area contributed by atoms with Crippen LogP contribution in [0.4, 0.5) is 5.69 Å². The summed E-state index contributed by atoms with van der Waals surface area (Å²) < 4.78 is 12.9. The lowest BCUT2D eigenvalue weighted by atomic mass is 10.1. The number of halogens is 1. The second-order valence-corrected chi connectivity index (χ2v) is 8.80. The first-order valence-electron chi connectivity index (χ1n) is 8.86. The molecule has 0 radical (unpaired) electrons. The van der Waals surface area contributed by atoms with E-state index in [9.17, 15) is 4.79 Å². The van der Waals surface area contributed by atoms with E-state index < -0.39 is 0 Å². The number of thioether (sulfide) groups is 1. The molecule has 0 atom stereocenters. The van der Waals surface area contributed by atoms with Crippen LogP contribution in [0, 0.1) is 0 Å². The highest BCUT2D eigenvalue weighted by atomic mass is 79.9. The number of amides is 1. The summed E-state index contributed by atoms with van der Waals surface area (Å²) in [4.78, 5) is 15.1. The van der Waals surface area contributed by atoms with Crippen molar-refractivity contribution in [1.82, 2.24) is 0 Å². The van der Waals surface area contributed by atoms with Gasteiger partial charge in [-0.3, -0.25) is 9.69 Å². The zero-order valence-corrected chi connectivity index (χ0v) is 19.0. The normalized spacial score (nSPS) is 15.6. The van der Waals surface area contributed by atoms with Gasteiger partial charge >= 0.3 is 0 Å². The van der Waals surface area contributed by atoms with E-state index >= 15 is 0 Å². The van der Waals surface area contributed by atoms with Crippen molar-refractivity contribution in [2.24, 2.45) is 0 Å². The molecule has 1 aliphatic rings. The SMILES string of the molecule is CCOc1cc(/C=C2/SC(=S)N(c3ccccc3)C2=O)c(Br)cc1OC(C)C. The fourth-order valence-electron chi connectivity index (χ4n) is 2.68. The third-order valence-corrected chi connectivity index (χ3v) is 5.81. The Morgan fingerprint density at radius 2 is 1.93 bits per heavy atom. The molecule has 146 valence electrons. The second-order valence-electron chi connectivity index (χ2n) is 6.27. The number of anilines is 1. The fourth-order valence-corrected chi connectivity index (χ4v) is 4.41. The smallest absolute Gasteiger partial charge is 0.270 e. The number of hydrogen-bond acceptors (Lipinski definition) is 5. The number of carbonyl (C=O) groups is 1. The summed E-state index contributed by atoms with van der Waals surface area (Å²) in [5, 5.41) is 0. The lowest BCUT2D eigenvalue weighted by Gasteiger charge is -2.16. The van der Waals surface area contributed by atoms with E-state index in [1.165, 1.54) is 11.8 Å². The number of para-hydroxylation sites is 1.